The first kappa shape index (κ1) is 16.6. The van der Waals surface area contributed by atoms with Crippen LogP contribution in [0.1, 0.15) is 25.3 Å². The van der Waals surface area contributed by atoms with E-state index >= 15 is 0 Å². The van der Waals surface area contributed by atoms with Gasteiger partial charge in [0.05, 0.1) is 17.4 Å². The lowest BCUT2D eigenvalue weighted by Crippen LogP contribution is -2.37. The Labute approximate surface area is 144 Å². The lowest BCUT2D eigenvalue weighted by Gasteiger charge is -2.12. The summed E-state index contributed by atoms with van der Waals surface area (Å²) in [7, 11) is 0. The van der Waals surface area contributed by atoms with Crippen LogP contribution in [0.4, 0.5) is 0 Å². The summed E-state index contributed by atoms with van der Waals surface area (Å²) in [5.41, 5.74) is 3.80. The molecule has 0 bridgehead atoms. The fourth-order valence-corrected chi connectivity index (χ4v) is 2.69. The van der Waals surface area contributed by atoms with Gasteiger partial charge in [0.1, 0.15) is 5.58 Å². The number of hydrogen-bond acceptors (Lipinski definition) is 5. The second-order valence-corrected chi connectivity index (χ2v) is 6.05. The fourth-order valence-electron chi connectivity index (χ4n) is 2.56. The SMILES string of the molecule is C/C(=N/NC(=S)NC[C@H]1CCCO1)c1cc2ccccc2oc1=O. The monoisotopic (exact) mass is 345 g/mol. The van der Waals surface area contributed by atoms with Gasteiger partial charge in [-0.2, -0.15) is 5.10 Å². The van der Waals surface area contributed by atoms with E-state index in [0.717, 1.165) is 24.8 Å². The maximum absolute atomic E-state index is 12.1. The summed E-state index contributed by atoms with van der Waals surface area (Å²) in [6, 6.07) is 9.13. The normalized spacial score (nSPS) is 17.9. The Morgan fingerprint density at radius 3 is 3.04 bits per heavy atom. The number of benzene rings is 1. The van der Waals surface area contributed by atoms with Crippen molar-refractivity contribution in [2.24, 2.45) is 5.10 Å². The molecule has 126 valence electrons. The van der Waals surface area contributed by atoms with Crippen LogP contribution in [0, 0.1) is 0 Å². The molecule has 0 saturated carbocycles. The van der Waals surface area contributed by atoms with Crippen molar-refractivity contribution in [2.45, 2.75) is 25.9 Å². The van der Waals surface area contributed by atoms with Crippen molar-refractivity contribution < 1.29 is 9.15 Å². The summed E-state index contributed by atoms with van der Waals surface area (Å²) in [6.07, 6.45) is 2.32. The second-order valence-electron chi connectivity index (χ2n) is 5.64. The van der Waals surface area contributed by atoms with Crippen LogP contribution in [0.2, 0.25) is 0 Å². The summed E-state index contributed by atoms with van der Waals surface area (Å²) in [4.78, 5) is 12.1. The van der Waals surface area contributed by atoms with E-state index in [1.54, 1.807) is 19.1 Å². The van der Waals surface area contributed by atoms with Gasteiger partial charge < -0.3 is 14.5 Å². The van der Waals surface area contributed by atoms with Gasteiger partial charge in [-0.3, -0.25) is 5.43 Å². The van der Waals surface area contributed by atoms with Gasteiger partial charge in [0.15, 0.2) is 5.11 Å². The average molecular weight is 345 g/mol. The molecule has 2 N–H and O–H groups in total. The molecule has 7 heteroatoms. The first-order chi connectivity index (χ1) is 11.6. The van der Waals surface area contributed by atoms with E-state index in [0.29, 0.717) is 28.5 Å². The zero-order valence-electron chi connectivity index (χ0n) is 13.4. The molecule has 1 aliphatic rings. The van der Waals surface area contributed by atoms with Gasteiger partial charge in [-0.25, -0.2) is 4.79 Å². The van der Waals surface area contributed by atoms with Crippen LogP contribution < -0.4 is 16.4 Å². The molecule has 6 nitrogen and oxygen atoms in total. The van der Waals surface area contributed by atoms with Crippen LogP contribution in [0.3, 0.4) is 0 Å². The van der Waals surface area contributed by atoms with E-state index in [1.165, 1.54) is 0 Å². The first-order valence-corrected chi connectivity index (χ1v) is 8.27. The van der Waals surface area contributed by atoms with Gasteiger partial charge >= 0.3 is 5.63 Å². The highest BCUT2D eigenvalue weighted by Gasteiger charge is 2.15. The van der Waals surface area contributed by atoms with Crippen molar-refractivity contribution in [3.05, 3.63) is 46.3 Å². The van der Waals surface area contributed by atoms with Crippen LogP contribution in [0.15, 0.2) is 44.6 Å². The Hall–Kier alpha value is -2.25. The lowest BCUT2D eigenvalue weighted by molar-refractivity contribution is 0.114. The van der Waals surface area contributed by atoms with Crippen molar-refractivity contribution in [1.29, 1.82) is 0 Å². The molecular formula is C17H19N3O3S. The van der Waals surface area contributed by atoms with E-state index in [-0.39, 0.29) is 6.10 Å². The maximum Gasteiger partial charge on any atom is 0.345 e. The van der Waals surface area contributed by atoms with Crippen molar-refractivity contribution in [2.75, 3.05) is 13.2 Å². The minimum Gasteiger partial charge on any atom is -0.422 e. The summed E-state index contributed by atoms with van der Waals surface area (Å²) in [5, 5.41) is 8.48. The van der Waals surface area contributed by atoms with E-state index in [9.17, 15) is 4.79 Å². The molecule has 24 heavy (non-hydrogen) atoms. The molecule has 1 atom stereocenters. The molecular weight excluding hydrogens is 326 g/mol. The fraction of sp³-hybridized carbons (Fsp3) is 0.353. The van der Waals surface area contributed by atoms with Gasteiger partial charge in [-0.05, 0) is 44.1 Å². The zero-order chi connectivity index (χ0) is 16.9. The molecule has 0 aliphatic carbocycles. The molecule has 2 heterocycles. The third kappa shape index (κ3) is 3.98. The van der Waals surface area contributed by atoms with Crippen LogP contribution in [-0.2, 0) is 4.74 Å². The van der Waals surface area contributed by atoms with Gasteiger partial charge in [0, 0.05) is 18.5 Å². The minimum atomic E-state index is -0.421. The van der Waals surface area contributed by atoms with Gasteiger partial charge in [0.25, 0.3) is 0 Å². The topological polar surface area (TPSA) is 75.9 Å². The molecule has 1 fully saturated rings. The molecule has 0 amide bonds. The van der Waals surface area contributed by atoms with Crippen molar-refractivity contribution in [3.8, 4) is 0 Å². The third-order valence-electron chi connectivity index (χ3n) is 3.87. The number of hydrogen-bond donors (Lipinski definition) is 2. The summed E-state index contributed by atoms with van der Waals surface area (Å²) < 4.78 is 10.8. The van der Waals surface area contributed by atoms with E-state index in [2.05, 4.69) is 15.8 Å². The van der Waals surface area contributed by atoms with Crippen LogP contribution in [-0.4, -0.2) is 30.1 Å². The Balaban J connectivity index is 1.65. The molecule has 0 unspecified atom stereocenters. The molecule has 1 aromatic heterocycles. The van der Waals surface area contributed by atoms with Crippen LogP contribution in [0.5, 0.6) is 0 Å². The van der Waals surface area contributed by atoms with E-state index in [4.69, 9.17) is 21.4 Å². The van der Waals surface area contributed by atoms with Crippen LogP contribution in [0.25, 0.3) is 11.0 Å². The van der Waals surface area contributed by atoms with Crippen LogP contribution >= 0.6 is 12.2 Å². The van der Waals surface area contributed by atoms with Gasteiger partial charge in [0.2, 0.25) is 0 Å². The Morgan fingerprint density at radius 2 is 2.25 bits per heavy atom. The largest absolute Gasteiger partial charge is 0.422 e. The number of hydrazone groups is 1. The molecule has 0 radical (unpaired) electrons. The highest BCUT2D eigenvalue weighted by atomic mass is 32.1. The minimum absolute atomic E-state index is 0.197. The number of nitrogens with zero attached hydrogens (tertiary/aromatic N) is 1. The molecule has 1 saturated heterocycles. The van der Waals surface area contributed by atoms with E-state index in [1.807, 2.05) is 18.2 Å². The Morgan fingerprint density at radius 1 is 1.42 bits per heavy atom. The summed E-state index contributed by atoms with van der Waals surface area (Å²) in [5.74, 6) is 0. The second kappa shape index (κ2) is 7.55. The number of rotatable bonds is 4. The number of ether oxygens (including phenoxy) is 1. The predicted molar refractivity (Wildman–Crippen MR) is 97.4 cm³/mol. The summed E-state index contributed by atoms with van der Waals surface area (Å²) >= 11 is 5.18. The Bertz CT molecular complexity index is 825. The van der Waals surface area contributed by atoms with Crippen molar-refractivity contribution in [1.82, 2.24) is 10.7 Å². The standard InChI is InChI=1S/C17H19N3O3S/c1-11(19-20-17(24)18-10-13-6-4-8-22-13)14-9-12-5-2-3-7-15(12)23-16(14)21/h2-3,5,7,9,13H,4,6,8,10H2,1H3,(H2,18,20,24)/b19-11-/t13-/m1/s1. The zero-order valence-corrected chi connectivity index (χ0v) is 14.2. The van der Waals surface area contributed by atoms with Crippen molar-refractivity contribution in [3.63, 3.8) is 0 Å². The number of nitrogens with one attached hydrogen (secondary N) is 2. The quantitative estimate of drug-likeness (QED) is 0.383. The molecule has 3 rings (SSSR count). The number of thiocarbonyl (C=S) groups is 1. The third-order valence-corrected chi connectivity index (χ3v) is 4.11. The molecule has 1 aliphatic heterocycles. The highest BCUT2D eigenvalue weighted by Crippen LogP contribution is 2.13. The number of fused-ring (bicyclic) bond motifs is 1. The summed E-state index contributed by atoms with van der Waals surface area (Å²) in [6.45, 7) is 3.19. The number of para-hydroxylation sites is 1. The predicted octanol–water partition coefficient (Wildman–Crippen LogP) is 2.16. The highest BCUT2D eigenvalue weighted by molar-refractivity contribution is 7.80. The van der Waals surface area contributed by atoms with Crippen molar-refractivity contribution >= 4 is 34.0 Å². The lowest BCUT2D eigenvalue weighted by atomic mass is 10.1. The average Bonchev–Trinajstić information content (AvgIpc) is 3.10. The maximum atomic E-state index is 12.1. The Kier molecular flexibility index (Phi) is 5.22. The van der Waals surface area contributed by atoms with E-state index < -0.39 is 5.63 Å². The first-order valence-electron chi connectivity index (χ1n) is 7.86. The molecule has 1 aromatic carbocycles. The molecule has 0 spiro atoms. The van der Waals surface area contributed by atoms with Gasteiger partial charge in [-0.1, -0.05) is 18.2 Å². The smallest absolute Gasteiger partial charge is 0.345 e. The molecule has 2 aromatic rings. The van der Waals surface area contributed by atoms with Gasteiger partial charge in [-0.15, -0.1) is 0 Å².